The molecule has 0 spiro atoms. The first-order chi connectivity index (χ1) is 9.22. The Morgan fingerprint density at radius 3 is 2.95 bits per heavy atom. The van der Waals surface area contributed by atoms with Gasteiger partial charge in [0.2, 0.25) is 4.80 Å². The highest BCUT2D eigenvalue weighted by molar-refractivity contribution is 7.16. The number of fused-ring (bicyclic) bond motifs is 1. The number of hydrogen-bond acceptors (Lipinski definition) is 3. The summed E-state index contributed by atoms with van der Waals surface area (Å²) in [4.78, 5) is 12.3. The molecule has 5 nitrogen and oxygen atoms in total. The number of aryl methyl sites for hydroxylation is 1. The lowest BCUT2D eigenvalue weighted by Crippen LogP contribution is -2.34. The number of thiazole rings is 1. The van der Waals surface area contributed by atoms with Crippen LogP contribution in [-0.2, 0) is 7.05 Å². The van der Waals surface area contributed by atoms with E-state index in [2.05, 4.69) is 22.8 Å². The molecule has 19 heavy (non-hydrogen) atoms. The highest BCUT2D eigenvalue weighted by Gasteiger charge is 2.02. The van der Waals surface area contributed by atoms with Crippen molar-refractivity contribution in [3.05, 3.63) is 29.1 Å². The second kappa shape index (κ2) is 6.38. The van der Waals surface area contributed by atoms with Crippen LogP contribution in [-0.4, -0.2) is 17.1 Å². The highest BCUT2D eigenvalue weighted by atomic mass is 32.1. The van der Waals surface area contributed by atoms with Crippen molar-refractivity contribution in [2.45, 2.75) is 19.8 Å². The summed E-state index contributed by atoms with van der Waals surface area (Å²) in [5.41, 5.74) is 3.63. The molecule has 6 heteroatoms. The molecule has 1 heterocycles. The normalized spacial score (nSPS) is 11.8. The van der Waals surface area contributed by atoms with Crippen LogP contribution in [0.4, 0.5) is 4.79 Å². The van der Waals surface area contributed by atoms with Gasteiger partial charge in [0.1, 0.15) is 0 Å². The summed E-state index contributed by atoms with van der Waals surface area (Å²) in [5.74, 6) is 0. The molecule has 1 aromatic heterocycles. The van der Waals surface area contributed by atoms with Crippen LogP contribution >= 0.6 is 11.3 Å². The number of carbonyl (C=O) groups excluding carboxylic acids is 1. The van der Waals surface area contributed by atoms with Gasteiger partial charge >= 0.3 is 6.03 Å². The van der Waals surface area contributed by atoms with Gasteiger partial charge in [-0.05, 0) is 18.6 Å². The highest BCUT2D eigenvalue weighted by Crippen LogP contribution is 2.14. The first kappa shape index (κ1) is 13.6. The van der Waals surface area contributed by atoms with Crippen molar-refractivity contribution in [3.8, 4) is 0 Å². The fourth-order valence-electron chi connectivity index (χ4n) is 1.71. The number of aromatic nitrogens is 1. The maximum absolute atomic E-state index is 11.5. The lowest BCUT2D eigenvalue weighted by Gasteiger charge is -2.01. The molecule has 0 saturated heterocycles. The Balaban J connectivity index is 2.09. The SMILES string of the molecule is CCCCNC(=O)N/N=c1\sc2ccccc2n1C. The maximum atomic E-state index is 11.5. The van der Waals surface area contributed by atoms with Gasteiger partial charge in [-0.25, -0.2) is 10.2 Å². The quantitative estimate of drug-likeness (QED) is 0.653. The van der Waals surface area contributed by atoms with Gasteiger partial charge in [0.15, 0.2) is 0 Å². The van der Waals surface area contributed by atoms with Gasteiger partial charge in [0.25, 0.3) is 0 Å². The Morgan fingerprint density at radius 1 is 1.42 bits per heavy atom. The van der Waals surface area contributed by atoms with Gasteiger partial charge in [-0.3, -0.25) is 0 Å². The molecule has 0 aliphatic carbocycles. The molecule has 0 atom stereocenters. The van der Waals surface area contributed by atoms with Gasteiger partial charge in [-0.1, -0.05) is 36.8 Å². The van der Waals surface area contributed by atoms with Crippen molar-refractivity contribution in [1.29, 1.82) is 0 Å². The van der Waals surface area contributed by atoms with Gasteiger partial charge in [-0.15, -0.1) is 5.10 Å². The molecule has 2 amide bonds. The fourth-order valence-corrected chi connectivity index (χ4v) is 2.68. The molecule has 0 unspecified atom stereocenters. The second-order valence-electron chi connectivity index (χ2n) is 4.24. The van der Waals surface area contributed by atoms with Gasteiger partial charge in [0, 0.05) is 13.6 Å². The number of unbranched alkanes of at least 4 members (excludes halogenated alkanes) is 1. The first-order valence-electron chi connectivity index (χ1n) is 6.34. The number of para-hydroxylation sites is 1. The minimum Gasteiger partial charge on any atom is -0.337 e. The number of amides is 2. The molecule has 102 valence electrons. The predicted molar refractivity (Wildman–Crippen MR) is 77.8 cm³/mol. The molecule has 2 rings (SSSR count). The van der Waals surface area contributed by atoms with Crippen LogP contribution in [0.15, 0.2) is 29.4 Å². The zero-order chi connectivity index (χ0) is 13.7. The summed E-state index contributed by atoms with van der Waals surface area (Å²) < 4.78 is 3.11. The molecule has 0 bridgehead atoms. The summed E-state index contributed by atoms with van der Waals surface area (Å²) in [6.07, 6.45) is 2.03. The molecular formula is C13H18N4OS. The Morgan fingerprint density at radius 2 is 2.21 bits per heavy atom. The third-order valence-corrected chi connectivity index (χ3v) is 3.90. The van der Waals surface area contributed by atoms with Gasteiger partial charge in [0.05, 0.1) is 10.2 Å². The minimum atomic E-state index is -0.258. The molecule has 2 N–H and O–H groups in total. The number of urea groups is 1. The number of nitrogens with one attached hydrogen (secondary N) is 2. The van der Waals surface area contributed by atoms with E-state index in [1.54, 1.807) is 11.3 Å². The molecule has 0 aliphatic rings. The molecule has 2 aromatic rings. The van der Waals surface area contributed by atoms with Crippen molar-refractivity contribution < 1.29 is 4.79 Å². The topological polar surface area (TPSA) is 58.4 Å². The van der Waals surface area contributed by atoms with Crippen LogP contribution in [0.25, 0.3) is 10.2 Å². The van der Waals surface area contributed by atoms with Gasteiger partial charge in [-0.2, -0.15) is 0 Å². The average Bonchev–Trinajstić information content (AvgIpc) is 2.74. The summed E-state index contributed by atoms with van der Waals surface area (Å²) in [6.45, 7) is 2.76. The van der Waals surface area contributed by atoms with E-state index >= 15 is 0 Å². The molecule has 0 radical (unpaired) electrons. The van der Waals surface area contributed by atoms with Crippen LogP contribution in [0.5, 0.6) is 0 Å². The zero-order valence-corrected chi connectivity index (χ0v) is 12.0. The van der Waals surface area contributed by atoms with E-state index in [4.69, 9.17) is 0 Å². The fraction of sp³-hybridized carbons (Fsp3) is 0.385. The lowest BCUT2D eigenvalue weighted by atomic mass is 10.3. The minimum absolute atomic E-state index is 0.258. The average molecular weight is 278 g/mol. The smallest absolute Gasteiger partial charge is 0.335 e. The van der Waals surface area contributed by atoms with Gasteiger partial charge < -0.3 is 9.88 Å². The van der Waals surface area contributed by atoms with E-state index < -0.39 is 0 Å². The molecule has 0 fully saturated rings. The van der Waals surface area contributed by atoms with E-state index in [-0.39, 0.29) is 6.03 Å². The van der Waals surface area contributed by atoms with Crippen molar-refractivity contribution in [2.24, 2.45) is 12.1 Å². The molecular weight excluding hydrogens is 260 g/mol. The van der Waals surface area contributed by atoms with Crippen LogP contribution in [0.1, 0.15) is 19.8 Å². The summed E-state index contributed by atoms with van der Waals surface area (Å²) >= 11 is 1.55. The van der Waals surface area contributed by atoms with E-state index in [1.165, 1.54) is 0 Å². The van der Waals surface area contributed by atoms with Crippen molar-refractivity contribution in [2.75, 3.05) is 6.54 Å². The molecule has 0 aliphatic heterocycles. The lowest BCUT2D eigenvalue weighted by molar-refractivity contribution is 0.241. The van der Waals surface area contributed by atoms with Crippen molar-refractivity contribution in [3.63, 3.8) is 0 Å². The Kier molecular flexibility index (Phi) is 4.57. The monoisotopic (exact) mass is 278 g/mol. The van der Waals surface area contributed by atoms with E-state index in [1.807, 2.05) is 35.9 Å². The second-order valence-corrected chi connectivity index (χ2v) is 5.25. The first-order valence-corrected chi connectivity index (χ1v) is 7.16. The Hall–Kier alpha value is -1.82. The maximum Gasteiger partial charge on any atom is 0.335 e. The standard InChI is InChI=1S/C13H18N4OS/c1-3-4-9-14-12(18)15-16-13-17(2)10-7-5-6-8-11(10)19-13/h5-8H,3-4,9H2,1-2H3,(H2,14,15,18)/b16-13-. The summed E-state index contributed by atoms with van der Waals surface area (Å²) in [7, 11) is 1.94. The predicted octanol–water partition coefficient (Wildman–Crippen LogP) is 2.15. The largest absolute Gasteiger partial charge is 0.337 e. The van der Waals surface area contributed by atoms with Crippen molar-refractivity contribution >= 4 is 27.6 Å². The van der Waals surface area contributed by atoms with E-state index in [9.17, 15) is 4.79 Å². The number of rotatable bonds is 4. The van der Waals surface area contributed by atoms with Crippen LogP contribution in [0.2, 0.25) is 0 Å². The Labute approximate surface area is 115 Å². The number of hydrogen-bond donors (Lipinski definition) is 2. The number of nitrogens with zero attached hydrogens (tertiary/aromatic N) is 2. The zero-order valence-electron chi connectivity index (χ0n) is 11.1. The summed E-state index contributed by atoms with van der Waals surface area (Å²) in [5, 5.41) is 6.90. The van der Waals surface area contributed by atoms with Crippen LogP contribution in [0, 0.1) is 0 Å². The third-order valence-electron chi connectivity index (χ3n) is 2.78. The van der Waals surface area contributed by atoms with Crippen LogP contribution in [0.3, 0.4) is 0 Å². The number of benzene rings is 1. The summed E-state index contributed by atoms with van der Waals surface area (Å²) in [6, 6.07) is 7.80. The molecule has 0 saturated carbocycles. The third kappa shape index (κ3) is 3.35. The van der Waals surface area contributed by atoms with Crippen molar-refractivity contribution in [1.82, 2.24) is 15.3 Å². The Bertz CT molecular complexity index is 629. The van der Waals surface area contributed by atoms with E-state index in [0.29, 0.717) is 6.54 Å². The van der Waals surface area contributed by atoms with E-state index in [0.717, 1.165) is 27.9 Å². The molecule has 1 aromatic carbocycles. The number of carbonyl (C=O) groups is 1. The van der Waals surface area contributed by atoms with Crippen LogP contribution < -0.4 is 15.5 Å².